The lowest BCUT2D eigenvalue weighted by Crippen LogP contribution is -2.12. The van der Waals surface area contributed by atoms with Crippen LogP contribution in [0, 0.1) is 10.1 Å². The molecule has 1 aromatic heterocycles. The number of nitro groups is 1. The summed E-state index contributed by atoms with van der Waals surface area (Å²) in [5, 5.41) is 10.1. The van der Waals surface area contributed by atoms with E-state index in [0.29, 0.717) is 0 Å². The van der Waals surface area contributed by atoms with Crippen molar-refractivity contribution in [2.24, 2.45) is 0 Å². The summed E-state index contributed by atoms with van der Waals surface area (Å²) in [6.07, 6.45) is 0. The smallest absolute Gasteiger partial charge is 0.354 e. The molecule has 6 heteroatoms. The average molecular weight is 155 g/mol. The number of nitrogens with two attached hydrogens (primary N) is 1. The summed E-state index contributed by atoms with van der Waals surface area (Å²) < 4.78 is 0. The molecule has 0 aliphatic carbocycles. The van der Waals surface area contributed by atoms with Gasteiger partial charge in [-0.05, 0) is 11.0 Å². The average Bonchev–Trinajstić information content (AvgIpc) is 1.94. The maximum absolute atomic E-state index is 10.7. The van der Waals surface area contributed by atoms with E-state index in [1.807, 2.05) is 4.98 Å². The Hall–Kier alpha value is -1.85. The fourth-order valence-electron chi connectivity index (χ4n) is 0.581. The van der Waals surface area contributed by atoms with E-state index in [2.05, 4.69) is 0 Å². The molecule has 11 heavy (non-hydrogen) atoms. The Morgan fingerprint density at radius 2 is 2.18 bits per heavy atom. The Morgan fingerprint density at radius 3 is 2.64 bits per heavy atom. The molecule has 1 rings (SSSR count). The van der Waals surface area contributed by atoms with Gasteiger partial charge in [0.15, 0.2) is 0 Å². The molecule has 0 saturated carbocycles. The van der Waals surface area contributed by atoms with Gasteiger partial charge in [0.05, 0.1) is 0 Å². The van der Waals surface area contributed by atoms with Crippen molar-refractivity contribution < 1.29 is 4.92 Å². The van der Waals surface area contributed by atoms with Crippen LogP contribution in [-0.2, 0) is 0 Å². The van der Waals surface area contributed by atoms with Crippen LogP contribution < -0.4 is 11.3 Å². The maximum atomic E-state index is 10.7. The minimum Gasteiger partial charge on any atom is -0.392 e. The van der Waals surface area contributed by atoms with Crippen LogP contribution in [0.2, 0.25) is 0 Å². The van der Waals surface area contributed by atoms with Crippen LogP contribution in [0.4, 0.5) is 11.5 Å². The van der Waals surface area contributed by atoms with Crippen molar-refractivity contribution in [1.82, 2.24) is 4.98 Å². The Morgan fingerprint density at radius 1 is 1.55 bits per heavy atom. The number of anilines is 1. The van der Waals surface area contributed by atoms with E-state index >= 15 is 0 Å². The largest absolute Gasteiger partial charge is 0.392 e. The van der Waals surface area contributed by atoms with Gasteiger partial charge in [0.1, 0.15) is 5.69 Å². The number of nitrogen functional groups attached to an aromatic ring is 1. The number of hydrogen-bond acceptors (Lipinski definition) is 4. The second-order valence-corrected chi connectivity index (χ2v) is 1.89. The highest BCUT2D eigenvalue weighted by molar-refractivity contribution is 5.37. The summed E-state index contributed by atoms with van der Waals surface area (Å²) >= 11 is 0. The third-order valence-corrected chi connectivity index (χ3v) is 1.12. The Balaban J connectivity index is 3.26. The fourth-order valence-corrected chi connectivity index (χ4v) is 0.581. The Kier molecular flexibility index (Phi) is 1.59. The molecule has 0 atom stereocenters. The number of aromatic nitrogens is 1. The topological polar surface area (TPSA) is 102 Å². The minimum absolute atomic E-state index is 0.0319. The van der Waals surface area contributed by atoms with Crippen LogP contribution in [0.3, 0.4) is 0 Å². The molecule has 0 amide bonds. The summed E-state index contributed by atoms with van der Waals surface area (Å²) in [5.41, 5.74) is 4.45. The summed E-state index contributed by atoms with van der Waals surface area (Å²) in [7, 11) is 0. The summed E-state index contributed by atoms with van der Waals surface area (Å²) in [5.74, 6) is -0.357. The van der Waals surface area contributed by atoms with Gasteiger partial charge in [-0.1, -0.05) is 0 Å². The van der Waals surface area contributed by atoms with Gasteiger partial charge < -0.3 is 15.8 Å². The molecule has 3 N–H and O–H groups in total. The minimum atomic E-state index is -0.694. The zero-order valence-electron chi connectivity index (χ0n) is 5.40. The molecule has 0 fully saturated rings. The molecule has 0 aromatic carbocycles. The first-order chi connectivity index (χ1) is 5.11. The quantitative estimate of drug-likeness (QED) is 0.435. The zero-order valence-corrected chi connectivity index (χ0v) is 5.40. The molecule has 1 heterocycles. The van der Waals surface area contributed by atoms with Crippen LogP contribution in [-0.4, -0.2) is 9.91 Å². The van der Waals surface area contributed by atoms with Crippen LogP contribution in [0.5, 0.6) is 0 Å². The van der Waals surface area contributed by atoms with Gasteiger partial charge >= 0.3 is 11.4 Å². The lowest BCUT2D eigenvalue weighted by atomic mass is 10.4. The number of pyridine rings is 1. The lowest BCUT2D eigenvalue weighted by Gasteiger charge is -1.92. The molecule has 58 valence electrons. The molecule has 0 aliphatic heterocycles. The number of nitrogens with one attached hydrogen (secondary N) is 1. The summed E-state index contributed by atoms with van der Waals surface area (Å²) in [6.45, 7) is 0. The molecular formula is C5H5N3O3. The molecule has 0 unspecified atom stereocenters. The van der Waals surface area contributed by atoms with Crippen molar-refractivity contribution in [3.63, 3.8) is 0 Å². The van der Waals surface area contributed by atoms with Crippen molar-refractivity contribution in [2.75, 3.05) is 5.73 Å². The first-order valence-electron chi connectivity index (χ1n) is 2.74. The van der Waals surface area contributed by atoms with Gasteiger partial charge in [-0.25, -0.2) is 9.78 Å². The van der Waals surface area contributed by atoms with Gasteiger partial charge in [0.2, 0.25) is 0 Å². The number of rotatable bonds is 1. The van der Waals surface area contributed by atoms with E-state index in [1.165, 1.54) is 6.07 Å². The third kappa shape index (κ3) is 1.34. The zero-order chi connectivity index (χ0) is 8.43. The van der Waals surface area contributed by atoms with Crippen LogP contribution in [0.15, 0.2) is 16.9 Å². The van der Waals surface area contributed by atoms with E-state index in [4.69, 9.17) is 5.73 Å². The van der Waals surface area contributed by atoms with Gasteiger partial charge in [0.25, 0.3) is 0 Å². The van der Waals surface area contributed by atoms with Crippen molar-refractivity contribution in [3.05, 3.63) is 32.6 Å². The second-order valence-electron chi connectivity index (χ2n) is 1.89. The van der Waals surface area contributed by atoms with Gasteiger partial charge in [-0.3, -0.25) is 0 Å². The van der Waals surface area contributed by atoms with Crippen molar-refractivity contribution >= 4 is 11.5 Å². The van der Waals surface area contributed by atoms with Gasteiger partial charge in [0, 0.05) is 6.07 Å². The highest BCUT2D eigenvalue weighted by Gasteiger charge is 2.04. The van der Waals surface area contributed by atoms with Crippen LogP contribution in [0.25, 0.3) is 0 Å². The van der Waals surface area contributed by atoms with Crippen molar-refractivity contribution in [3.8, 4) is 0 Å². The Labute approximate surface area is 60.8 Å². The highest BCUT2D eigenvalue weighted by Crippen LogP contribution is 2.03. The predicted octanol–water partition coefficient (Wildman–Crippen LogP) is -0.135. The van der Waals surface area contributed by atoms with E-state index in [-0.39, 0.29) is 11.5 Å². The van der Waals surface area contributed by atoms with Gasteiger partial charge in [-0.15, -0.1) is 0 Å². The first kappa shape index (κ1) is 7.26. The second kappa shape index (κ2) is 2.41. The molecule has 0 spiro atoms. The van der Waals surface area contributed by atoms with E-state index in [1.54, 1.807) is 0 Å². The summed E-state index contributed by atoms with van der Waals surface area (Å²) in [6, 6.07) is 2.33. The lowest BCUT2D eigenvalue weighted by molar-refractivity contribution is -0.389. The SMILES string of the molecule is Nc1ccc([N+](=O)[O-])[nH]c1=O. The van der Waals surface area contributed by atoms with E-state index in [9.17, 15) is 14.9 Å². The van der Waals surface area contributed by atoms with Gasteiger partial charge in [-0.2, -0.15) is 0 Å². The maximum Gasteiger partial charge on any atom is 0.354 e. The number of nitrogens with zero attached hydrogens (tertiary/aromatic N) is 1. The molecule has 0 radical (unpaired) electrons. The van der Waals surface area contributed by atoms with Crippen LogP contribution in [0.1, 0.15) is 0 Å². The highest BCUT2D eigenvalue weighted by atomic mass is 16.6. The van der Waals surface area contributed by atoms with Crippen molar-refractivity contribution in [2.45, 2.75) is 0 Å². The molecular weight excluding hydrogens is 150 g/mol. The number of H-pyrrole nitrogens is 1. The van der Waals surface area contributed by atoms with Crippen LogP contribution >= 0.6 is 0 Å². The molecule has 0 saturated heterocycles. The Bertz CT molecular complexity index is 343. The monoisotopic (exact) mass is 155 g/mol. The third-order valence-electron chi connectivity index (χ3n) is 1.12. The molecule has 0 bridgehead atoms. The molecule has 1 aromatic rings. The normalized spacial score (nSPS) is 9.45. The molecule has 6 nitrogen and oxygen atoms in total. The van der Waals surface area contributed by atoms with Crippen molar-refractivity contribution in [1.29, 1.82) is 0 Å². The predicted molar refractivity (Wildman–Crippen MR) is 38.1 cm³/mol. The fraction of sp³-hybridized carbons (Fsp3) is 0. The van der Waals surface area contributed by atoms with E-state index < -0.39 is 10.5 Å². The van der Waals surface area contributed by atoms with E-state index in [0.717, 1.165) is 6.07 Å². The standard InChI is InChI=1S/C5H5N3O3/c6-3-1-2-4(8(10)11)7-5(3)9/h1-2H,6H2,(H,7,9). The number of aromatic amines is 1. The summed E-state index contributed by atoms with van der Waals surface area (Å²) in [4.78, 5) is 22.0. The first-order valence-corrected chi connectivity index (χ1v) is 2.74. The molecule has 0 aliphatic rings. The number of hydrogen-bond donors (Lipinski definition) is 2.